The molecule has 0 heterocycles. The highest BCUT2D eigenvalue weighted by molar-refractivity contribution is 9.10. The van der Waals surface area contributed by atoms with E-state index in [0.717, 1.165) is 16.6 Å². The molecule has 1 aliphatic rings. The molecule has 0 aromatic heterocycles. The summed E-state index contributed by atoms with van der Waals surface area (Å²) in [5.74, 6) is 1.35. The Labute approximate surface area is 117 Å². The SMILES string of the molecule is CC(=O)c1cc(Br)ccc1OC1CCCCC1C. The molecule has 2 unspecified atom stereocenters. The van der Waals surface area contributed by atoms with Gasteiger partial charge in [-0.15, -0.1) is 0 Å². The van der Waals surface area contributed by atoms with E-state index in [-0.39, 0.29) is 11.9 Å². The molecule has 2 atom stereocenters. The smallest absolute Gasteiger partial charge is 0.163 e. The minimum Gasteiger partial charge on any atom is -0.489 e. The fourth-order valence-electron chi connectivity index (χ4n) is 2.50. The van der Waals surface area contributed by atoms with Gasteiger partial charge in [-0.2, -0.15) is 0 Å². The van der Waals surface area contributed by atoms with Crippen LogP contribution in [0, 0.1) is 5.92 Å². The number of Topliss-reactive ketones (excluding diaryl/α,β-unsaturated/α-hetero) is 1. The predicted octanol–water partition coefficient (Wildman–Crippen LogP) is 4.61. The van der Waals surface area contributed by atoms with Crippen LogP contribution in [-0.2, 0) is 0 Å². The third kappa shape index (κ3) is 3.14. The van der Waals surface area contributed by atoms with Crippen LogP contribution in [0.4, 0.5) is 0 Å². The van der Waals surface area contributed by atoms with Gasteiger partial charge in [-0.1, -0.05) is 29.3 Å². The van der Waals surface area contributed by atoms with Gasteiger partial charge >= 0.3 is 0 Å². The van der Waals surface area contributed by atoms with Crippen LogP contribution in [0.3, 0.4) is 0 Å². The van der Waals surface area contributed by atoms with Crippen LogP contribution in [-0.4, -0.2) is 11.9 Å². The first kappa shape index (κ1) is 13.6. The third-order valence-corrected chi connectivity index (χ3v) is 4.13. The number of hydrogen-bond acceptors (Lipinski definition) is 2. The fourth-order valence-corrected chi connectivity index (χ4v) is 2.86. The van der Waals surface area contributed by atoms with E-state index in [1.165, 1.54) is 19.3 Å². The van der Waals surface area contributed by atoms with Gasteiger partial charge in [-0.3, -0.25) is 4.79 Å². The number of carbonyl (C=O) groups excluding carboxylic acids is 1. The first-order valence-corrected chi connectivity index (χ1v) is 7.34. The number of benzene rings is 1. The Morgan fingerprint density at radius 3 is 2.72 bits per heavy atom. The Bertz CT molecular complexity index is 442. The Kier molecular flexibility index (Phi) is 4.44. The van der Waals surface area contributed by atoms with Crippen molar-refractivity contribution in [3.05, 3.63) is 28.2 Å². The summed E-state index contributed by atoms with van der Waals surface area (Å²) in [4.78, 5) is 11.6. The van der Waals surface area contributed by atoms with Crippen LogP contribution in [0.5, 0.6) is 5.75 Å². The molecule has 1 aromatic carbocycles. The maximum atomic E-state index is 11.6. The largest absolute Gasteiger partial charge is 0.489 e. The molecule has 18 heavy (non-hydrogen) atoms. The van der Waals surface area contributed by atoms with E-state index in [0.29, 0.717) is 11.5 Å². The van der Waals surface area contributed by atoms with Gasteiger partial charge in [-0.05, 0) is 50.3 Å². The zero-order valence-electron chi connectivity index (χ0n) is 10.9. The van der Waals surface area contributed by atoms with Crippen LogP contribution in [0.2, 0.25) is 0 Å². The van der Waals surface area contributed by atoms with Crippen molar-refractivity contribution in [2.24, 2.45) is 5.92 Å². The van der Waals surface area contributed by atoms with Gasteiger partial charge in [0.15, 0.2) is 5.78 Å². The monoisotopic (exact) mass is 310 g/mol. The average Bonchev–Trinajstić information content (AvgIpc) is 2.34. The molecule has 1 saturated carbocycles. The number of ketones is 1. The summed E-state index contributed by atoms with van der Waals surface area (Å²) in [6, 6.07) is 5.66. The molecule has 0 aliphatic heterocycles. The molecule has 0 radical (unpaired) electrons. The second kappa shape index (κ2) is 5.87. The molecule has 98 valence electrons. The summed E-state index contributed by atoms with van der Waals surface area (Å²) in [5.41, 5.74) is 0.669. The van der Waals surface area contributed by atoms with Crippen LogP contribution >= 0.6 is 15.9 Å². The Balaban J connectivity index is 2.20. The van der Waals surface area contributed by atoms with Crippen molar-refractivity contribution in [2.45, 2.75) is 45.6 Å². The van der Waals surface area contributed by atoms with Gasteiger partial charge in [0, 0.05) is 4.47 Å². The van der Waals surface area contributed by atoms with Gasteiger partial charge < -0.3 is 4.74 Å². The molecule has 3 heteroatoms. The molecule has 2 rings (SSSR count). The quantitative estimate of drug-likeness (QED) is 0.762. The van der Waals surface area contributed by atoms with Crippen molar-refractivity contribution >= 4 is 21.7 Å². The van der Waals surface area contributed by atoms with Crippen LogP contribution in [0.25, 0.3) is 0 Å². The lowest BCUT2D eigenvalue weighted by molar-refractivity contribution is 0.0941. The standard InChI is InChI=1S/C15H19BrO2/c1-10-5-3-4-6-14(10)18-15-8-7-12(16)9-13(15)11(2)17/h7-10,14H,3-6H2,1-2H3. The normalized spacial score (nSPS) is 23.7. The van der Waals surface area contributed by atoms with E-state index in [4.69, 9.17) is 4.74 Å². The van der Waals surface area contributed by atoms with Gasteiger partial charge in [0.05, 0.1) is 5.56 Å². The van der Waals surface area contributed by atoms with Crippen molar-refractivity contribution in [1.29, 1.82) is 0 Å². The van der Waals surface area contributed by atoms with Gasteiger partial charge in [0.1, 0.15) is 11.9 Å². The molecule has 0 saturated heterocycles. The molecule has 1 aromatic rings. The topological polar surface area (TPSA) is 26.3 Å². The maximum absolute atomic E-state index is 11.6. The summed E-state index contributed by atoms with van der Waals surface area (Å²) < 4.78 is 6.99. The van der Waals surface area contributed by atoms with Crippen molar-refractivity contribution in [2.75, 3.05) is 0 Å². The number of rotatable bonds is 3. The Hall–Kier alpha value is -0.830. The van der Waals surface area contributed by atoms with E-state index in [1.807, 2.05) is 18.2 Å². The van der Waals surface area contributed by atoms with E-state index in [9.17, 15) is 4.79 Å². The zero-order chi connectivity index (χ0) is 13.1. The summed E-state index contributed by atoms with van der Waals surface area (Å²) >= 11 is 3.39. The van der Waals surface area contributed by atoms with Crippen molar-refractivity contribution in [3.63, 3.8) is 0 Å². The van der Waals surface area contributed by atoms with Crippen LogP contribution in [0.1, 0.15) is 49.9 Å². The highest BCUT2D eigenvalue weighted by atomic mass is 79.9. The summed E-state index contributed by atoms with van der Waals surface area (Å²) in [5, 5.41) is 0. The zero-order valence-corrected chi connectivity index (χ0v) is 12.5. The van der Waals surface area contributed by atoms with Crippen LogP contribution in [0.15, 0.2) is 22.7 Å². The highest BCUT2D eigenvalue weighted by Gasteiger charge is 2.24. The lowest BCUT2D eigenvalue weighted by Crippen LogP contribution is -2.28. The Morgan fingerprint density at radius 2 is 2.06 bits per heavy atom. The first-order valence-electron chi connectivity index (χ1n) is 6.55. The summed E-state index contributed by atoms with van der Waals surface area (Å²) in [6.45, 7) is 3.81. The van der Waals surface area contributed by atoms with E-state index in [1.54, 1.807) is 6.92 Å². The lowest BCUT2D eigenvalue weighted by atomic mass is 9.88. The fraction of sp³-hybridized carbons (Fsp3) is 0.533. The molecule has 1 fully saturated rings. The molecule has 0 spiro atoms. The molecule has 2 nitrogen and oxygen atoms in total. The summed E-state index contributed by atoms with van der Waals surface area (Å²) in [6.07, 6.45) is 5.07. The van der Waals surface area contributed by atoms with Crippen molar-refractivity contribution in [3.8, 4) is 5.75 Å². The number of ether oxygens (including phenoxy) is 1. The number of carbonyl (C=O) groups is 1. The lowest BCUT2D eigenvalue weighted by Gasteiger charge is -2.29. The predicted molar refractivity (Wildman–Crippen MR) is 76.2 cm³/mol. The highest BCUT2D eigenvalue weighted by Crippen LogP contribution is 2.31. The van der Waals surface area contributed by atoms with E-state index < -0.39 is 0 Å². The minimum absolute atomic E-state index is 0.0507. The maximum Gasteiger partial charge on any atom is 0.163 e. The van der Waals surface area contributed by atoms with Crippen molar-refractivity contribution in [1.82, 2.24) is 0 Å². The van der Waals surface area contributed by atoms with E-state index in [2.05, 4.69) is 22.9 Å². The Morgan fingerprint density at radius 1 is 1.33 bits per heavy atom. The number of hydrogen-bond donors (Lipinski definition) is 0. The summed E-state index contributed by atoms with van der Waals surface area (Å²) in [7, 11) is 0. The number of halogens is 1. The average molecular weight is 311 g/mol. The van der Waals surface area contributed by atoms with Crippen LogP contribution < -0.4 is 4.74 Å². The molecular formula is C15H19BrO2. The molecule has 0 N–H and O–H groups in total. The first-order chi connectivity index (χ1) is 8.58. The molecule has 0 amide bonds. The molecule has 0 bridgehead atoms. The second-order valence-electron chi connectivity index (χ2n) is 5.11. The van der Waals surface area contributed by atoms with Gasteiger partial charge in [-0.25, -0.2) is 0 Å². The van der Waals surface area contributed by atoms with Crippen molar-refractivity contribution < 1.29 is 9.53 Å². The minimum atomic E-state index is 0.0507. The third-order valence-electron chi connectivity index (χ3n) is 3.63. The molecule has 1 aliphatic carbocycles. The van der Waals surface area contributed by atoms with Gasteiger partial charge in [0.25, 0.3) is 0 Å². The molecular weight excluding hydrogens is 292 g/mol. The second-order valence-corrected chi connectivity index (χ2v) is 6.03. The van der Waals surface area contributed by atoms with Gasteiger partial charge in [0.2, 0.25) is 0 Å². The van der Waals surface area contributed by atoms with E-state index >= 15 is 0 Å².